The number of rotatable bonds is 8. The van der Waals surface area contributed by atoms with Gasteiger partial charge in [0.2, 0.25) is 0 Å². The van der Waals surface area contributed by atoms with Gasteiger partial charge in [0.1, 0.15) is 0 Å². The molecule has 0 bridgehead atoms. The van der Waals surface area contributed by atoms with E-state index in [-0.39, 0.29) is 0 Å². The Hall–Kier alpha value is -1.72. The van der Waals surface area contributed by atoms with Crippen LogP contribution in [0.4, 0.5) is 0 Å². The smallest absolute Gasteiger partial charge is 0.0234 e. The molecule has 2 atom stereocenters. The van der Waals surface area contributed by atoms with Crippen LogP contribution in [-0.4, -0.2) is 73.6 Å². The summed E-state index contributed by atoms with van der Waals surface area (Å²) in [5, 5.41) is 3.44. The maximum absolute atomic E-state index is 3.44. The molecule has 33 heavy (non-hydrogen) atoms. The Morgan fingerprint density at radius 3 is 1.94 bits per heavy atom. The van der Waals surface area contributed by atoms with Gasteiger partial charge in [-0.3, -0.25) is 9.80 Å². The first-order chi connectivity index (χ1) is 16.0. The molecule has 0 amide bonds. The predicted octanol–water partition coefficient (Wildman–Crippen LogP) is 4.53. The predicted molar refractivity (Wildman–Crippen MR) is 140 cm³/mol. The average molecular weight is 449 g/mol. The molecule has 4 rings (SSSR count). The van der Waals surface area contributed by atoms with Crippen molar-refractivity contribution in [2.24, 2.45) is 0 Å². The first-order valence-electron chi connectivity index (χ1n) is 13.0. The van der Waals surface area contributed by atoms with Crippen molar-refractivity contribution < 1.29 is 0 Å². The Bertz CT molecular complexity index is 839. The third kappa shape index (κ3) is 6.89. The van der Waals surface area contributed by atoms with Gasteiger partial charge in [0.25, 0.3) is 0 Å². The van der Waals surface area contributed by atoms with Gasteiger partial charge in [0.15, 0.2) is 0 Å². The molecule has 0 radical (unpaired) electrons. The van der Waals surface area contributed by atoms with Crippen molar-refractivity contribution in [2.45, 2.75) is 58.2 Å². The lowest BCUT2D eigenvalue weighted by atomic mass is 9.91. The second-order valence-electron chi connectivity index (χ2n) is 10.7. The summed E-state index contributed by atoms with van der Waals surface area (Å²) in [4.78, 5) is 7.78. The van der Waals surface area contributed by atoms with Crippen molar-refractivity contribution in [3.8, 4) is 0 Å². The molecule has 2 aliphatic heterocycles. The zero-order valence-electron chi connectivity index (χ0n) is 21.3. The van der Waals surface area contributed by atoms with Crippen LogP contribution in [0.1, 0.15) is 61.3 Å². The van der Waals surface area contributed by atoms with E-state index in [0.717, 1.165) is 58.9 Å². The standard InChI is InChI=1S/C29H44N4/c1-23(2)27-9-5-26(6-10-27)21-33-18-17-31(4)29(22-33)19-24(3)28-11-7-25(8-12-28)20-32-15-13-30-14-16-32/h5-12,23-24,29-30H,13-22H2,1-4H3. The summed E-state index contributed by atoms with van der Waals surface area (Å²) >= 11 is 0. The van der Waals surface area contributed by atoms with E-state index in [0.29, 0.717) is 17.9 Å². The third-order valence-corrected chi connectivity index (χ3v) is 7.70. The molecule has 0 aromatic heterocycles. The van der Waals surface area contributed by atoms with Gasteiger partial charge < -0.3 is 10.2 Å². The fourth-order valence-corrected chi connectivity index (χ4v) is 5.30. The number of piperazine rings is 2. The van der Waals surface area contributed by atoms with Crippen LogP contribution in [0.5, 0.6) is 0 Å². The van der Waals surface area contributed by atoms with Crippen LogP contribution >= 0.6 is 0 Å². The summed E-state index contributed by atoms with van der Waals surface area (Å²) < 4.78 is 0. The summed E-state index contributed by atoms with van der Waals surface area (Å²) in [5.74, 6) is 1.18. The van der Waals surface area contributed by atoms with Crippen molar-refractivity contribution in [3.63, 3.8) is 0 Å². The number of likely N-dealkylation sites (N-methyl/N-ethyl adjacent to an activating group) is 1. The minimum absolute atomic E-state index is 0.580. The number of nitrogens with zero attached hydrogens (tertiary/aromatic N) is 3. The Labute approximate surface area is 202 Å². The van der Waals surface area contributed by atoms with Crippen molar-refractivity contribution in [2.75, 3.05) is 52.9 Å². The summed E-state index contributed by atoms with van der Waals surface area (Å²) in [6, 6.07) is 19.3. The lowest BCUT2D eigenvalue weighted by Crippen LogP contribution is -2.51. The van der Waals surface area contributed by atoms with Gasteiger partial charge in [-0.25, -0.2) is 0 Å². The fourth-order valence-electron chi connectivity index (χ4n) is 5.30. The molecule has 0 saturated carbocycles. The molecular formula is C29H44N4. The van der Waals surface area contributed by atoms with E-state index in [1.165, 1.54) is 28.7 Å². The summed E-state index contributed by atoms with van der Waals surface area (Å²) in [6.07, 6.45) is 1.22. The first-order valence-corrected chi connectivity index (χ1v) is 13.0. The van der Waals surface area contributed by atoms with Crippen molar-refractivity contribution in [1.29, 1.82) is 0 Å². The minimum atomic E-state index is 0.580. The maximum Gasteiger partial charge on any atom is 0.0234 e. The van der Waals surface area contributed by atoms with Crippen LogP contribution in [0.25, 0.3) is 0 Å². The minimum Gasteiger partial charge on any atom is -0.314 e. The lowest BCUT2D eigenvalue weighted by Gasteiger charge is -2.40. The zero-order chi connectivity index (χ0) is 23.2. The van der Waals surface area contributed by atoms with Crippen LogP contribution in [0, 0.1) is 0 Å². The van der Waals surface area contributed by atoms with Gasteiger partial charge in [0, 0.05) is 64.9 Å². The molecule has 180 valence electrons. The van der Waals surface area contributed by atoms with Crippen LogP contribution in [0.2, 0.25) is 0 Å². The van der Waals surface area contributed by atoms with E-state index in [1.54, 1.807) is 0 Å². The van der Waals surface area contributed by atoms with E-state index in [1.807, 2.05) is 0 Å². The van der Waals surface area contributed by atoms with E-state index in [4.69, 9.17) is 0 Å². The van der Waals surface area contributed by atoms with Crippen molar-refractivity contribution in [1.82, 2.24) is 20.0 Å². The SMILES string of the molecule is CC(C)c1ccc(CN2CCN(C)C(CC(C)c3ccc(CN4CCNCC4)cc3)C2)cc1. The summed E-state index contributed by atoms with van der Waals surface area (Å²) in [7, 11) is 2.31. The molecule has 2 aromatic rings. The molecule has 2 unspecified atom stereocenters. The van der Waals surface area contributed by atoms with Crippen molar-refractivity contribution >= 4 is 0 Å². The largest absolute Gasteiger partial charge is 0.314 e. The van der Waals surface area contributed by atoms with E-state index in [2.05, 4.69) is 96.4 Å². The molecule has 2 aliphatic rings. The van der Waals surface area contributed by atoms with E-state index >= 15 is 0 Å². The quantitative estimate of drug-likeness (QED) is 0.641. The molecule has 4 nitrogen and oxygen atoms in total. The number of hydrogen-bond acceptors (Lipinski definition) is 4. The Kier molecular flexibility index (Phi) is 8.59. The van der Waals surface area contributed by atoms with Gasteiger partial charge in [-0.05, 0) is 47.6 Å². The number of benzene rings is 2. The topological polar surface area (TPSA) is 21.8 Å². The maximum atomic E-state index is 3.44. The molecule has 4 heteroatoms. The molecule has 2 aromatic carbocycles. The van der Waals surface area contributed by atoms with Gasteiger partial charge >= 0.3 is 0 Å². The zero-order valence-corrected chi connectivity index (χ0v) is 21.3. The highest BCUT2D eigenvalue weighted by Gasteiger charge is 2.26. The highest BCUT2D eigenvalue weighted by molar-refractivity contribution is 5.26. The highest BCUT2D eigenvalue weighted by atomic mass is 15.3. The van der Waals surface area contributed by atoms with Crippen LogP contribution in [-0.2, 0) is 13.1 Å². The van der Waals surface area contributed by atoms with E-state index < -0.39 is 0 Å². The Morgan fingerprint density at radius 2 is 1.33 bits per heavy atom. The van der Waals surface area contributed by atoms with Gasteiger partial charge in [-0.15, -0.1) is 0 Å². The molecular weight excluding hydrogens is 404 g/mol. The average Bonchev–Trinajstić information content (AvgIpc) is 2.82. The van der Waals surface area contributed by atoms with Crippen LogP contribution in [0.15, 0.2) is 48.5 Å². The van der Waals surface area contributed by atoms with Crippen LogP contribution < -0.4 is 5.32 Å². The Balaban J connectivity index is 1.30. The first kappa shape index (κ1) is 24.4. The highest BCUT2D eigenvalue weighted by Crippen LogP contribution is 2.26. The Morgan fingerprint density at radius 1 is 0.758 bits per heavy atom. The monoisotopic (exact) mass is 448 g/mol. The van der Waals surface area contributed by atoms with Gasteiger partial charge in [-0.1, -0.05) is 69.3 Å². The summed E-state index contributed by atoms with van der Waals surface area (Å²) in [6.45, 7) is 17.1. The van der Waals surface area contributed by atoms with Gasteiger partial charge in [-0.2, -0.15) is 0 Å². The lowest BCUT2D eigenvalue weighted by molar-refractivity contribution is 0.0824. The molecule has 2 saturated heterocycles. The molecule has 2 fully saturated rings. The molecule has 0 spiro atoms. The van der Waals surface area contributed by atoms with Gasteiger partial charge in [0.05, 0.1) is 0 Å². The number of nitrogens with one attached hydrogen (secondary N) is 1. The third-order valence-electron chi connectivity index (χ3n) is 7.70. The summed E-state index contributed by atoms with van der Waals surface area (Å²) in [5.41, 5.74) is 5.80. The second-order valence-corrected chi connectivity index (χ2v) is 10.7. The van der Waals surface area contributed by atoms with Crippen molar-refractivity contribution in [3.05, 3.63) is 70.8 Å². The fraction of sp³-hybridized carbons (Fsp3) is 0.586. The molecule has 1 N–H and O–H groups in total. The van der Waals surface area contributed by atoms with Crippen LogP contribution in [0.3, 0.4) is 0 Å². The molecule has 0 aliphatic carbocycles. The van der Waals surface area contributed by atoms with E-state index in [9.17, 15) is 0 Å². The normalized spacial score (nSPS) is 22.0. The number of hydrogen-bond donors (Lipinski definition) is 1. The second kappa shape index (κ2) is 11.6. The molecule has 2 heterocycles.